The molecule has 1 atom stereocenters. The van der Waals surface area contributed by atoms with Crippen molar-refractivity contribution in [1.82, 2.24) is 9.99 Å². The maximum Gasteiger partial charge on any atom is 0.274 e. The number of amides is 1. The van der Waals surface area contributed by atoms with Crippen molar-refractivity contribution in [1.29, 1.82) is 0 Å². The van der Waals surface area contributed by atoms with Crippen molar-refractivity contribution >= 4 is 28.6 Å². The minimum atomic E-state index is -0.439. The Balaban J connectivity index is 1.70. The van der Waals surface area contributed by atoms with Crippen molar-refractivity contribution in [3.63, 3.8) is 0 Å². The number of non-ortho nitro benzene ring substituents is 1. The number of hydrogen-bond acceptors (Lipinski definition) is 6. The van der Waals surface area contributed by atoms with Gasteiger partial charge < -0.3 is 0 Å². The van der Waals surface area contributed by atoms with Crippen LogP contribution in [0.25, 0.3) is 0 Å². The van der Waals surface area contributed by atoms with E-state index in [9.17, 15) is 14.9 Å². The predicted molar refractivity (Wildman–Crippen MR) is 102 cm³/mol. The van der Waals surface area contributed by atoms with E-state index < -0.39 is 4.92 Å². The van der Waals surface area contributed by atoms with E-state index in [-0.39, 0.29) is 17.6 Å². The van der Waals surface area contributed by atoms with E-state index in [0.29, 0.717) is 12.0 Å². The molecule has 0 aliphatic carbocycles. The number of thiophene rings is 1. The van der Waals surface area contributed by atoms with Crippen LogP contribution in [0.4, 0.5) is 5.69 Å². The van der Waals surface area contributed by atoms with Gasteiger partial charge in [-0.2, -0.15) is 5.10 Å². The summed E-state index contributed by atoms with van der Waals surface area (Å²) in [5.41, 5.74) is 2.14. The SMILES string of the molecule is O=C(c1ccncc1)N1N=C(c2cccs2)CC1c1ccc([N+](=O)[O-])cc1. The fraction of sp³-hybridized carbons (Fsp3) is 0.105. The zero-order chi connectivity index (χ0) is 18.8. The predicted octanol–water partition coefficient (Wildman–Crippen LogP) is 4.04. The molecule has 1 aliphatic rings. The third-order valence-electron chi connectivity index (χ3n) is 4.34. The van der Waals surface area contributed by atoms with Gasteiger partial charge in [0.2, 0.25) is 0 Å². The third kappa shape index (κ3) is 3.34. The molecule has 0 bridgehead atoms. The lowest BCUT2D eigenvalue weighted by Gasteiger charge is -2.22. The van der Waals surface area contributed by atoms with Gasteiger partial charge in [-0.1, -0.05) is 18.2 Å². The van der Waals surface area contributed by atoms with Gasteiger partial charge in [0.15, 0.2) is 0 Å². The second-order valence-electron chi connectivity index (χ2n) is 5.98. The summed E-state index contributed by atoms with van der Waals surface area (Å²) in [6.45, 7) is 0. The highest BCUT2D eigenvalue weighted by atomic mass is 32.1. The average Bonchev–Trinajstić information content (AvgIpc) is 3.38. The maximum absolute atomic E-state index is 13.0. The Morgan fingerprint density at radius 1 is 1.15 bits per heavy atom. The molecule has 0 saturated heterocycles. The molecule has 1 aromatic carbocycles. The van der Waals surface area contributed by atoms with Crippen LogP contribution in [-0.4, -0.2) is 26.5 Å². The molecule has 1 aliphatic heterocycles. The molecule has 0 saturated carbocycles. The Morgan fingerprint density at radius 2 is 1.89 bits per heavy atom. The van der Waals surface area contributed by atoms with E-state index >= 15 is 0 Å². The van der Waals surface area contributed by atoms with Gasteiger partial charge >= 0.3 is 0 Å². The molecule has 0 N–H and O–H groups in total. The third-order valence-corrected chi connectivity index (χ3v) is 5.26. The lowest BCUT2D eigenvalue weighted by atomic mass is 10.0. The van der Waals surface area contributed by atoms with E-state index in [2.05, 4.69) is 10.1 Å². The van der Waals surface area contributed by atoms with Crippen LogP contribution < -0.4 is 0 Å². The minimum Gasteiger partial charge on any atom is -0.267 e. The standard InChI is InChI=1S/C19H14N4O3S/c24-19(14-7-9-20-10-8-14)22-17(12-16(21-22)18-2-1-11-27-18)13-3-5-15(6-4-13)23(25)26/h1-11,17H,12H2. The normalized spacial score (nSPS) is 16.2. The number of nitro benzene ring substituents is 1. The summed E-state index contributed by atoms with van der Waals surface area (Å²) in [4.78, 5) is 28.4. The van der Waals surface area contributed by atoms with Crippen molar-refractivity contribution in [2.45, 2.75) is 12.5 Å². The molecule has 0 radical (unpaired) electrons. The Hall–Kier alpha value is -3.39. The smallest absolute Gasteiger partial charge is 0.267 e. The van der Waals surface area contributed by atoms with E-state index in [1.54, 1.807) is 48.0 Å². The zero-order valence-electron chi connectivity index (χ0n) is 14.1. The highest BCUT2D eigenvalue weighted by Crippen LogP contribution is 2.35. The van der Waals surface area contributed by atoms with Crippen LogP contribution in [0.2, 0.25) is 0 Å². The van der Waals surface area contributed by atoms with Crippen LogP contribution in [0.3, 0.4) is 0 Å². The molecule has 2 aromatic heterocycles. The molecular weight excluding hydrogens is 364 g/mol. The number of rotatable bonds is 4. The topological polar surface area (TPSA) is 88.7 Å². The molecule has 0 spiro atoms. The van der Waals surface area contributed by atoms with Crippen molar-refractivity contribution in [2.75, 3.05) is 0 Å². The number of benzene rings is 1. The molecule has 8 heteroatoms. The number of nitro groups is 1. The van der Waals surface area contributed by atoms with Crippen LogP contribution in [0.5, 0.6) is 0 Å². The molecule has 4 rings (SSSR count). The van der Waals surface area contributed by atoms with Crippen molar-refractivity contribution in [2.24, 2.45) is 5.10 Å². The van der Waals surface area contributed by atoms with E-state index in [0.717, 1.165) is 16.2 Å². The van der Waals surface area contributed by atoms with Gasteiger partial charge in [0.05, 0.1) is 21.6 Å². The van der Waals surface area contributed by atoms with Gasteiger partial charge in [-0.3, -0.25) is 19.9 Å². The fourth-order valence-corrected chi connectivity index (χ4v) is 3.71. The monoisotopic (exact) mass is 378 g/mol. The molecule has 134 valence electrons. The molecule has 3 heterocycles. The number of pyridine rings is 1. The quantitative estimate of drug-likeness (QED) is 0.506. The highest BCUT2D eigenvalue weighted by Gasteiger charge is 2.34. The average molecular weight is 378 g/mol. The Morgan fingerprint density at radius 3 is 2.52 bits per heavy atom. The molecule has 7 nitrogen and oxygen atoms in total. The molecule has 1 amide bonds. The largest absolute Gasteiger partial charge is 0.274 e. The van der Waals surface area contributed by atoms with Crippen LogP contribution in [0, 0.1) is 10.1 Å². The fourth-order valence-electron chi connectivity index (χ4n) is 2.99. The second kappa shape index (κ2) is 7.08. The summed E-state index contributed by atoms with van der Waals surface area (Å²) in [7, 11) is 0. The maximum atomic E-state index is 13.0. The molecule has 27 heavy (non-hydrogen) atoms. The van der Waals surface area contributed by atoms with E-state index in [1.807, 2.05) is 17.5 Å². The number of hydrogen-bond donors (Lipinski definition) is 0. The van der Waals surface area contributed by atoms with Crippen molar-refractivity contribution in [3.05, 3.63) is 92.4 Å². The first-order chi connectivity index (χ1) is 13.1. The Labute approximate surface area is 158 Å². The summed E-state index contributed by atoms with van der Waals surface area (Å²) < 4.78 is 0. The van der Waals surface area contributed by atoms with Gasteiger partial charge in [-0.25, -0.2) is 5.01 Å². The number of carbonyl (C=O) groups excluding carboxylic acids is 1. The number of aromatic nitrogens is 1. The van der Waals surface area contributed by atoms with Gasteiger partial charge in [-0.05, 0) is 29.1 Å². The Bertz CT molecular complexity index is 1000. The van der Waals surface area contributed by atoms with E-state index in [4.69, 9.17) is 0 Å². The number of carbonyl (C=O) groups is 1. The summed E-state index contributed by atoms with van der Waals surface area (Å²) in [6.07, 6.45) is 3.68. The van der Waals surface area contributed by atoms with Gasteiger partial charge in [-0.15, -0.1) is 11.3 Å². The molecule has 0 fully saturated rings. The molecule has 3 aromatic rings. The summed E-state index contributed by atoms with van der Waals surface area (Å²) in [5, 5.41) is 18.9. The number of hydrazone groups is 1. The zero-order valence-corrected chi connectivity index (χ0v) is 14.9. The van der Waals surface area contributed by atoms with Gasteiger partial charge in [0.1, 0.15) is 0 Å². The highest BCUT2D eigenvalue weighted by molar-refractivity contribution is 7.12. The molecule has 1 unspecified atom stereocenters. The lowest BCUT2D eigenvalue weighted by Crippen LogP contribution is -2.27. The van der Waals surface area contributed by atoms with Crippen LogP contribution in [0.15, 0.2) is 71.4 Å². The van der Waals surface area contributed by atoms with Gasteiger partial charge in [0, 0.05) is 36.5 Å². The summed E-state index contributed by atoms with van der Waals surface area (Å²) in [5.74, 6) is -0.229. The second-order valence-corrected chi connectivity index (χ2v) is 6.93. The van der Waals surface area contributed by atoms with Crippen LogP contribution in [-0.2, 0) is 0 Å². The van der Waals surface area contributed by atoms with Crippen molar-refractivity contribution < 1.29 is 9.72 Å². The lowest BCUT2D eigenvalue weighted by molar-refractivity contribution is -0.384. The van der Waals surface area contributed by atoms with Crippen molar-refractivity contribution in [3.8, 4) is 0 Å². The van der Waals surface area contributed by atoms with Crippen LogP contribution >= 0.6 is 11.3 Å². The first-order valence-electron chi connectivity index (χ1n) is 8.23. The van der Waals surface area contributed by atoms with Crippen LogP contribution in [0.1, 0.15) is 33.3 Å². The Kier molecular flexibility index (Phi) is 4.47. The number of nitrogens with zero attached hydrogens (tertiary/aromatic N) is 4. The summed E-state index contributed by atoms with van der Waals surface area (Å²) >= 11 is 1.57. The minimum absolute atomic E-state index is 0.0168. The van der Waals surface area contributed by atoms with E-state index in [1.165, 1.54) is 17.1 Å². The summed E-state index contributed by atoms with van der Waals surface area (Å²) in [6, 6.07) is 13.2. The molecular formula is C19H14N4O3S. The first kappa shape index (κ1) is 17.0. The first-order valence-corrected chi connectivity index (χ1v) is 9.11. The van der Waals surface area contributed by atoms with Gasteiger partial charge in [0.25, 0.3) is 11.6 Å².